The zero-order valence-corrected chi connectivity index (χ0v) is 35.5. The Kier molecular flexibility index (Phi) is 11.7. The Bertz CT molecular complexity index is 2100. The van der Waals surface area contributed by atoms with Crippen molar-refractivity contribution in [3.63, 3.8) is 0 Å². The van der Waals surface area contributed by atoms with Gasteiger partial charge >= 0.3 is 0 Å². The predicted octanol–water partition coefficient (Wildman–Crippen LogP) is 8.13. The lowest BCUT2D eigenvalue weighted by molar-refractivity contribution is -0.144. The Morgan fingerprint density at radius 1 is 0.828 bits per heavy atom. The second-order valence-electron chi connectivity index (χ2n) is 17.9. The van der Waals surface area contributed by atoms with Gasteiger partial charge in [0.2, 0.25) is 11.8 Å². The number of likely N-dealkylation sites (tertiary alicyclic amines) is 2. The average molecular weight is 795 g/mol. The smallest absolute Gasteiger partial charge is 0.261 e. The number of carbonyl (C=O) groups is 2. The third kappa shape index (κ3) is 7.80. The molecule has 0 unspecified atom stereocenters. The number of phenols is 1. The molecule has 0 saturated carbocycles. The van der Waals surface area contributed by atoms with Crippen molar-refractivity contribution in [2.45, 2.75) is 83.5 Å². The quantitative estimate of drug-likeness (QED) is 0.0887. The highest BCUT2D eigenvalue weighted by molar-refractivity contribution is 6.99. The molecule has 7 nitrogen and oxygen atoms in total. The molecule has 0 spiro atoms. The highest BCUT2D eigenvalue weighted by Gasteiger charge is 2.59. The third-order valence-electron chi connectivity index (χ3n) is 13.2. The summed E-state index contributed by atoms with van der Waals surface area (Å²) in [5.41, 5.74) is 5.53. The molecular weight excluding hydrogens is 737 g/mol. The van der Waals surface area contributed by atoms with Crippen LogP contribution in [0, 0.1) is 17.8 Å². The Hall–Kier alpha value is -4.60. The van der Waals surface area contributed by atoms with E-state index in [-0.39, 0.29) is 40.7 Å². The number of carbonyl (C=O) groups excluding carboxylic acids is 2. The van der Waals surface area contributed by atoms with Crippen molar-refractivity contribution in [1.82, 2.24) is 9.80 Å². The predicted molar refractivity (Wildman–Crippen MR) is 233 cm³/mol. The van der Waals surface area contributed by atoms with Gasteiger partial charge in [0.05, 0.1) is 31.2 Å². The first kappa shape index (κ1) is 40.2. The number of phenolic OH excluding ortho intramolecular Hbond substituents is 1. The van der Waals surface area contributed by atoms with Gasteiger partial charge in [-0.25, -0.2) is 0 Å². The standard InChI is InChI=1S/C50H58N2O5Si/c1-35(30-37-18-14-15-23-44(37)53)24-25-45-46-38(33-57-58(50(2,3)4,40-19-10-6-11-20-40)41-21-12-7-13-22-41)31-42-47(43(46)34-56-45)49(55)52(48(42)54)39-26-28-51(29-27-39)32-36-16-8-5-9-17-36/h5-23,30,39,42-43,45,47,53H,24-29,31-34H2,1-4H3/b35-30+/t42-,43+,45-,47-/m1/s1. The topological polar surface area (TPSA) is 79.3 Å². The van der Waals surface area contributed by atoms with Gasteiger partial charge in [-0.05, 0) is 77.2 Å². The Morgan fingerprint density at radius 2 is 1.43 bits per heavy atom. The first-order valence-electron chi connectivity index (χ1n) is 21.2. The summed E-state index contributed by atoms with van der Waals surface area (Å²) in [5, 5.41) is 12.7. The third-order valence-corrected chi connectivity index (χ3v) is 18.2. The van der Waals surface area contributed by atoms with E-state index in [0.29, 0.717) is 19.6 Å². The van der Waals surface area contributed by atoms with Gasteiger partial charge in [0.15, 0.2) is 0 Å². The van der Waals surface area contributed by atoms with Crippen molar-refractivity contribution < 1.29 is 23.9 Å². The minimum Gasteiger partial charge on any atom is -0.507 e. The second-order valence-corrected chi connectivity index (χ2v) is 22.2. The molecule has 0 bridgehead atoms. The van der Waals surface area contributed by atoms with Crippen molar-refractivity contribution in [3.8, 4) is 5.75 Å². The Labute approximate surface area is 345 Å². The fourth-order valence-corrected chi connectivity index (χ4v) is 15.0. The van der Waals surface area contributed by atoms with E-state index in [2.05, 4.69) is 118 Å². The fraction of sp³-hybridized carbons (Fsp3) is 0.400. The largest absolute Gasteiger partial charge is 0.507 e. The van der Waals surface area contributed by atoms with Crippen LogP contribution in [0.2, 0.25) is 5.04 Å². The van der Waals surface area contributed by atoms with Gasteiger partial charge in [-0.2, -0.15) is 0 Å². The van der Waals surface area contributed by atoms with Crippen LogP contribution in [0.4, 0.5) is 0 Å². The number of amides is 2. The van der Waals surface area contributed by atoms with E-state index in [0.717, 1.165) is 62.0 Å². The number of rotatable bonds is 12. The molecule has 302 valence electrons. The van der Waals surface area contributed by atoms with Crippen LogP contribution in [0.25, 0.3) is 6.08 Å². The van der Waals surface area contributed by atoms with Crippen LogP contribution < -0.4 is 10.4 Å². The van der Waals surface area contributed by atoms with Crippen molar-refractivity contribution in [1.29, 1.82) is 0 Å². The highest BCUT2D eigenvalue weighted by atomic mass is 28.4. The molecule has 4 aromatic rings. The monoisotopic (exact) mass is 794 g/mol. The first-order valence-corrected chi connectivity index (χ1v) is 23.1. The van der Waals surface area contributed by atoms with Gasteiger partial charge in [-0.1, -0.05) is 142 Å². The molecule has 58 heavy (non-hydrogen) atoms. The number of piperidine rings is 1. The van der Waals surface area contributed by atoms with E-state index in [4.69, 9.17) is 9.16 Å². The molecule has 3 fully saturated rings. The summed E-state index contributed by atoms with van der Waals surface area (Å²) in [5.74, 6) is -0.743. The lowest BCUT2D eigenvalue weighted by atomic mass is 9.69. The summed E-state index contributed by atoms with van der Waals surface area (Å²) < 4.78 is 14.3. The van der Waals surface area contributed by atoms with Crippen LogP contribution in [-0.4, -0.2) is 73.5 Å². The maximum Gasteiger partial charge on any atom is 0.261 e. The van der Waals surface area contributed by atoms with Crippen LogP contribution in [0.5, 0.6) is 5.75 Å². The number of aromatic hydroxyl groups is 1. The zero-order chi connectivity index (χ0) is 40.4. The summed E-state index contributed by atoms with van der Waals surface area (Å²) in [7, 11) is -2.90. The zero-order valence-electron chi connectivity index (χ0n) is 34.5. The van der Waals surface area contributed by atoms with Crippen LogP contribution in [0.15, 0.2) is 132 Å². The first-order chi connectivity index (χ1) is 28.0. The average Bonchev–Trinajstić information content (AvgIpc) is 3.76. The van der Waals surface area contributed by atoms with E-state index in [1.54, 1.807) is 11.0 Å². The molecule has 4 aliphatic rings. The van der Waals surface area contributed by atoms with E-state index >= 15 is 0 Å². The van der Waals surface area contributed by atoms with Gasteiger partial charge in [0.25, 0.3) is 8.32 Å². The number of hydrogen-bond acceptors (Lipinski definition) is 6. The Balaban J connectivity index is 1.10. The van der Waals surface area contributed by atoms with Crippen molar-refractivity contribution in [2.75, 3.05) is 26.3 Å². The molecule has 8 rings (SSSR count). The second kappa shape index (κ2) is 16.9. The summed E-state index contributed by atoms with van der Waals surface area (Å²) in [6.07, 6.45) is 5.47. The number of allylic oxidation sites excluding steroid dienone is 1. The normalized spacial score (nSPS) is 23.4. The number of ether oxygens (including phenoxy) is 1. The van der Waals surface area contributed by atoms with Crippen molar-refractivity contribution in [2.24, 2.45) is 17.8 Å². The maximum atomic E-state index is 14.7. The van der Waals surface area contributed by atoms with Gasteiger partial charge in [0.1, 0.15) is 5.75 Å². The number of para-hydroxylation sites is 1. The van der Waals surface area contributed by atoms with Crippen LogP contribution in [-0.2, 0) is 25.3 Å². The van der Waals surface area contributed by atoms with E-state index < -0.39 is 20.2 Å². The lowest BCUT2D eigenvalue weighted by Gasteiger charge is -2.44. The fourth-order valence-electron chi connectivity index (χ4n) is 10.4. The molecule has 4 aromatic carbocycles. The minimum atomic E-state index is -2.90. The molecular formula is C50H58N2O5Si. The Morgan fingerprint density at radius 3 is 2.05 bits per heavy atom. The summed E-state index contributed by atoms with van der Waals surface area (Å²) in [6, 6.07) is 39.2. The molecule has 1 aliphatic carbocycles. The van der Waals surface area contributed by atoms with Gasteiger partial charge in [-0.15, -0.1) is 0 Å². The summed E-state index contributed by atoms with van der Waals surface area (Å²) in [6.45, 7) is 12.4. The number of benzene rings is 4. The summed E-state index contributed by atoms with van der Waals surface area (Å²) >= 11 is 0. The number of nitrogens with zero attached hydrogens (tertiary/aromatic N) is 2. The van der Waals surface area contributed by atoms with Gasteiger partial charge in [0, 0.05) is 37.2 Å². The van der Waals surface area contributed by atoms with E-state index in [1.807, 2.05) is 30.3 Å². The van der Waals surface area contributed by atoms with E-state index in [9.17, 15) is 14.7 Å². The molecule has 3 saturated heterocycles. The van der Waals surface area contributed by atoms with Crippen LogP contribution in [0.3, 0.4) is 0 Å². The SMILES string of the molecule is C/C(=C\c1ccccc1O)CC[C@H]1OC[C@H]2C1=C(CO[Si](c1ccccc1)(c1ccccc1)C(C)(C)C)C[C@H]1C(=O)N(C3CCN(Cc4ccccc4)CC3)C(=O)[C@H]12. The molecule has 0 radical (unpaired) electrons. The maximum absolute atomic E-state index is 14.7. The van der Waals surface area contributed by atoms with Gasteiger partial charge < -0.3 is 14.3 Å². The molecule has 4 atom stereocenters. The number of fused-ring (bicyclic) bond motifs is 3. The number of imide groups is 1. The summed E-state index contributed by atoms with van der Waals surface area (Å²) in [4.78, 5) is 33.4. The molecule has 3 heterocycles. The van der Waals surface area contributed by atoms with Crippen LogP contribution >= 0.6 is 0 Å². The van der Waals surface area contributed by atoms with E-state index in [1.165, 1.54) is 21.5 Å². The molecule has 3 aliphatic heterocycles. The van der Waals surface area contributed by atoms with Gasteiger partial charge in [-0.3, -0.25) is 19.4 Å². The van der Waals surface area contributed by atoms with Crippen molar-refractivity contribution in [3.05, 3.63) is 143 Å². The molecule has 8 heteroatoms. The van der Waals surface area contributed by atoms with Crippen molar-refractivity contribution >= 4 is 36.6 Å². The lowest BCUT2D eigenvalue weighted by Crippen LogP contribution is -2.66. The molecule has 0 aromatic heterocycles. The molecule has 2 amide bonds. The molecule has 1 N–H and O–H groups in total. The number of hydrogen-bond donors (Lipinski definition) is 1. The minimum absolute atomic E-state index is 0.00848. The van der Waals surface area contributed by atoms with Crippen LogP contribution in [0.1, 0.15) is 70.9 Å². The highest BCUT2D eigenvalue weighted by Crippen LogP contribution is 2.51.